The van der Waals surface area contributed by atoms with Gasteiger partial charge in [0.25, 0.3) is 0 Å². The molecule has 0 bridgehead atoms. The van der Waals surface area contributed by atoms with Crippen LogP contribution in [0, 0.1) is 180 Å². The average molecular weight is 1450 g/mol. The molecule has 0 heterocycles. The maximum Gasteiger partial charge on any atom is 0.458 e. The third kappa shape index (κ3) is 11.0. The van der Waals surface area contributed by atoms with E-state index in [0.717, 1.165) is 32.1 Å². The van der Waals surface area contributed by atoms with E-state index in [1.165, 1.54) is 0 Å². The normalized spacial score (nSPS) is 12.8. The molecule has 0 radical (unpaired) electrons. The molecule has 0 aliphatic heterocycles. The summed E-state index contributed by atoms with van der Waals surface area (Å²) in [4.78, 5) is -0.482. The lowest BCUT2D eigenvalue weighted by atomic mass is 9.11. The maximum atomic E-state index is 17.3. The first-order valence-corrected chi connectivity index (χ1v) is 26.5. The van der Waals surface area contributed by atoms with Crippen LogP contribution in [0.15, 0.2) is 6.07 Å². The first-order chi connectivity index (χ1) is 45.0. The SMILES string of the molecule is CCCCCCCCC[NH+](CF)c1cc(F)c(F)c(C(F)(F)C(F)(F)F)c1F.Fc1c(F)c(F)c2c([B-](c3c(F)c(F)c(F)c4c(F)c(F)c(F)c(F)c34)(c3c(F)c(F)c(F)c4c(F)c(F)c(F)c(F)c34)c3c(F)c(F)c(F)c4c(F)c(F)c(F)c(F)c34)c(F)c(F)c(F)c2c1F. The first-order valence-electron chi connectivity index (χ1n) is 26.5. The van der Waals surface area contributed by atoms with Crippen LogP contribution in [0.5, 0.6) is 0 Å². The van der Waals surface area contributed by atoms with Crippen LogP contribution in [0.3, 0.4) is 0 Å². The van der Waals surface area contributed by atoms with Gasteiger partial charge in [-0.2, -0.15) is 30.7 Å². The van der Waals surface area contributed by atoms with E-state index in [1.807, 2.05) is 6.92 Å². The molecule has 9 aromatic carbocycles. The van der Waals surface area contributed by atoms with Crippen molar-refractivity contribution in [2.24, 2.45) is 0 Å². The second-order valence-corrected chi connectivity index (χ2v) is 20.9. The standard InChI is InChI=1S/C40BF28.C18H22F9N/c42-13-1-5(21(50)37(66)33(13)62)17(46)29(58)25(54)9(1)41(10-2-6(18(47)30(59)26(10)55)22(51)38(67)34(63)14(2)43,11-3-7(19(48)31(60)27(11)56)23(52)39(68)35(64)15(3)44)12-4-8(20(49)32(61)28(12)57)24(53)40(69)36(65)16(4)45;1-2-3-4-5-6-7-8-9-28(11-19)13-10-12(20)15(21)14(16(13)22)17(23,24)18(25,26)27/h;10H,2-9,11H2,1H3/q-1;/p+1. The molecular weight excluding hydrogens is 1420 g/mol. The summed E-state index contributed by atoms with van der Waals surface area (Å²) in [5.41, 5.74) is -19.3. The summed E-state index contributed by atoms with van der Waals surface area (Å²) in [5.74, 6) is -117. The highest BCUT2D eigenvalue weighted by molar-refractivity contribution is 7.23. The molecular formula is C58H23BF37N. The molecule has 0 saturated carbocycles. The molecule has 1 N–H and O–H groups in total. The molecule has 0 aromatic heterocycles. The second kappa shape index (κ2) is 26.4. The molecule has 9 aromatic rings. The first kappa shape index (κ1) is 74.2. The van der Waals surface area contributed by atoms with Crippen molar-refractivity contribution in [1.82, 2.24) is 0 Å². The second-order valence-electron chi connectivity index (χ2n) is 20.9. The van der Waals surface area contributed by atoms with Crippen LogP contribution in [-0.2, 0) is 5.92 Å². The van der Waals surface area contributed by atoms with Crippen molar-refractivity contribution in [1.29, 1.82) is 0 Å². The van der Waals surface area contributed by atoms with Gasteiger partial charge in [0.15, 0.2) is 163 Å². The highest BCUT2D eigenvalue weighted by Crippen LogP contribution is 2.48. The molecule has 0 amide bonds. The number of hydrogen-bond acceptors (Lipinski definition) is 0. The summed E-state index contributed by atoms with van der Waals surface area (Å²) in [6.07, 6.45) is -8.67. The van der Waals surface area contributed by atoms with Crippen molar-refractivity contribution in [2.45, 2.75) is 64.0 Å². The van der Waals surface area contributed by atoms with Crippen LogP contribution in [0.4, 0.5) is 168 Å². The van der Waals surface area contributed by atoms with Crippen LogP contribution >= 0.6 is 0 Å². The van der Waals surface area contributed by atoms with Crippen LogP contribution in [0.25, 0.3) is 43.1 Å². The molecule has 0 saturated heterocycles. The number of rotatable bonds is 15. The van der Waals surface area contributed by atoms with Gasteiger partial charge in [-0.25, -0.2) is 132 Å². The van der Waals surface area contributed by atoms with Crippen molar-refractivity contribution >= 4 is 76.8 Å². The van der Waals surface area contributed by atoms with Crippen molar-refractivity contribution in [2.75, 3.05) is 13.3 Å². The third-order valence-electron chi connectivity index (χ3n) is 15.7. The molecule has 0 fully saturated rings. The Morgan fingerprint density at radius 3 is 0.742 bits per heavy atom. The Labute approximate surface area is 512 Å². The molecule has 97 heavy (non-hydrogen) atoms. The minimum Gasteiger partial charge on any atom is -0.273 e. The zero-order chi connectivity index (χ0) is 73.1. The zero-order valence-corrected chi connectivity index (χ0v) is 46.5. The minimum absolute atomic E-state index is 0.122. The Hall–Kier alpha value is -8.55. The van der Waals surface area contributed by atoms with E-state index < -0.39 is 286 Å². The van der Waals surface area contributed by atoms with Crippen LogP contribution in [0.1, 0.15) is 57.4 Å². The molecule has 1 atom stereocenters. The highest BCUT2D eigenvalue weighted by atomic mass is 19.4. The van der Waals surface area contributed by atoms with Crippen molar-refractivity contribution in [3.8, 4) is 0 Å². The van der Waals surface area contributed by atoms with Crippen molar-refractivity contribution in [3.63, 3.8) is 0 Å². The molecule has 1 unspecified atom stereocenters. The Morgan fingerprint density at radius 1 is 0.278 bits per heavy atom. The number of alkyl halides is 6. The Bertz CT molecular complexity index is 4290. The van der Waals surface area contributed by atoms with Crippen LogP contribution in [0.2, 0.25) is 0 Å². The van der Waals surface area contributed by atoms with E-state index in [2.05, 4.69) is 0 Å². The quantitative estimate of drug-likeness (QED) is 0.0261. The van der Waals surface area contributed by atoms with E-state index in [9.17, 15) is 57.1 Å². The molecule has 39 heteroatoms. The van der Waals surface area contributed by atoms with Crippen molar-refractivity contribution < 1.29 is 167 Å². The van der Waals surface area contributed by atoms with Gasteiger partial charge in [0, 0.05) is 6.07 Å². The fourth-order valence-corrected chi connectivity index (χ4v) is 11.4. The van der Waals surface area contributed by atoms with Gasteiger partial charge in [0.05, 0.1) is 28.1 Å². The number of quaternary nitrogens is 1. The third-order valence-corrected chi connectivity index (χ3v) is 15.7. The fourth-order valence-electron chi connectivity index (χ4n) is 11.4. The van der Waals surface area contributed by atoms with E-state index in [-0.39, 0.29) is 12.6 Å². The van der Waals surface area contributed by atoms with Gasteiger partial charge < -0.3 is 0 Å². The van der Waals surface area contributed by atoms with Crippen LogP contribution < -0.4 is 26.8 Å². The largest absolute Gasteiger partial charge is 0.458 e. The lowest BCUT2D eigenvalue weighted by molar-refractivity contribution is -0.848. The highest BCUT2D eigenvalue weighted by Gasteiger charge is 2.62. The summed E-state index contributed by atoms with van der Waals surface area (Å²) in [6.45, 7) is 0.494. The van der Waals surface area contributed by atoms with Gasteiger partial charge in [-0.3, -0.25) is 4.90 Å². The molecule has 0 aliphatic carbocycles. The fraction of sp³-hybridized carbons (Fsp3) is 0.207. The predicted octanol–water partition coefficient (Wildman–Crippen LogP) is 17.5. The summed E-state index contributed by atoms with van der Waals surface area (Å²) in [7, 11) is 0. The van der Waals surface area contributed by atoms with Crippen LogP contribution in [-0.4, -0.2) is 25.7 Å². The number of nitrogens with one attached hydrogen (secondary N) is 1. The van der Waals surface area contributed by atoms with Gasteiger partial charge in [0.2, 0.25) is 6.80 Å². The van der Waals surface area contributed by atoms with Crippen molar-refractivity contribution in [3.05, 3.63) is 192 Å². The van der Waals surface area contributed by atoms with E-state index >= 15 is 105 Å². The van der Waals surface area contributed by atoms with Gasteiger partial charge in [-0.15, -0.1) is 21.9 Å². The molecule has 9 rings (SSSR count). The summed E-state index contributed by atoms with van der Waals surface area (Å²) < 4.78 is 566. The number of hydrogen-bond donors (Lipinski definition) is 1. The lowest BCUT2D eigenvalue weighted by Gasteiger charge is -2.47. The predicted molar refractivity (Wildman–Crippen MR) is 265 cm³/mol. The zero-order valence-electron chi connectivity index (χ0n) is 46.5. The maximum absolute atomic E-state index is 17.3. The van der Waals surface area contributed by atoms with E-state index in [0.29, 0.717) is 12.8 Å². The van der Waals surface area contributed by atoms with E-state index in [1.54, 1.807) is 0 Å². The number of fused-ring (bicyclic) bond motifs is 4. The average Bonchev–Trinajstić information content (AvgIpc) is 0.662. The summed E-state index contributed by atoms with van der Waals surface area (Å²) in [6, 6.07) is 0.122. The van der Waals surface area contributed by atoms with Gasteiger partial charge in [-0.1, -0.05) is 39.0 Å². The Morgan fingerprint density at radius 2 is 0.505 bits per heavy atom. The lowest BCUT2D eigenvalue weighted by Crippen LogP contribution is -3.07. The Balaban J connectivity index is 0.000000361. The number of benzene rings is 9. The van der Waals surface area contributed by atoms with Gasteiger partial charge in [0.1, 0.15) is 35.0 Å². The van der Waals surface area contributed by atoms with Gasteiger partial charge >= 0.3 is 12.1 Å². The minimum atomic E-state index is -8.05. The number of unbranched alkanes of at least 4 members (excludes halogenated alkanes) is 6. The van der Waals surface area contributed by atoms with E-state index in [4.69, 9.17) is 0 Å². The molecule has 0 aliphatic rings. The summed E-state index contributed by atoms with van der Waals surface area (Å²) >= 11 is 0. The monoisotopic (exact) mass is 1450 g/mol. The molecule has 522 valence electrons. The Kier molecular flexibility index (Phi) is 20.2. The smallest absolute Gasteiger partial charge is 0.273 e. The van der Waals surface area contributed by atoms with Gasteiger partial charge in [-0.05, 0) is 34.4 Å². The number of halogens is 37. The molecule has 1 nitrogen and oxygen atoms in total. The topological polar surface area (TPSA) is 4.44 Å². The molecule has 0 spiro atoms. The summed E-state index contributed by atoms with van der Waals surface area (Å²) in [5, 5.41) is -27.0.